The number of amides is 1. The fourth-order valence-electron chi connectivity index (χ4n) is 1.15. The molecule has 1 amide bonds. The Labute approximate surface area is 97.9 Å². The van der Waals surface area contributed by atoms with Crippen LogP contribution in [0.5, 0.6) is 0 Å². The molecule has 0 unspecified atom stereocenters. The second-order valence-electron chi connectivity index (χ2n) is 3.24. The van der Waals surface area contributed by atoms with Crippen LogP contribution < -0.4 is 10.6 Å². The smallest absolute Gasteiger partial charge is 0.317 e. The molecule has 1 rings (SSSR count). The van der Waals surface area contributed by atoms with Gasteiger partial charge in [-0.05, 0) is 18.2 Å². The van der Waals surface area contributed by atoms with Crippen molar-refractivity contribution >= 4 is 17.6 Å². The van der Waals surface area contributed by atoms with Gasteiger partial charge in [0.1, 0.15) is 0 Å². The Hall–Kier alpha value is -2.39. The van der Waals surface area contributed by atoms with Gasteiger partial charge in [-0.1, -0.05) is 6.07 Å². The Morgan fingerprint density at radius 1 is 1.35 bits per heavy atom. The Morgan fingerprint density at radius 3 is 2.76 bits per heavy atom. The van der Waals surface area contributed by atoms with Gasteiger partial charge in [0.15, 0.2) is 0 Å². The molecule has 0 heterocycles. The maximum absolute atomic E-state index is 11.3. The number of nitrogens with zero attached hydrogens (tertiary/aromatic N) is 1. The molecule has 0 atom stereocenters. The summed E-state index contributed by atoms with van der Waals surface area (Å²) in [5.74, 6) is -1.38. The van der Waals surface area contributed by atoms with Crippen molar-refractivity contribution in [1.82, 2.24) is 5.32 Å². The monoisotopic (exact) mass is 233 g/mol. The number of rotatable bonds is 5. The summed E-state index contributed by atoms with van der Waals surface area (Å²) in [6.45, 7) is -0.366. The summed E-state index contributed by atoms with van der Waals surface area (Å²) in [7, 11) is 0. The Kier molecular flexibility index (Phi) is 4.66. The SMILES string of the molecule is N#Cc1cccc(NC(=O)CNCC(=O)O)c1. The summed E-state index contributed by atoms with van der Waals surface area (Å²) < 4.78 is 0. The number of nitrogens with one attached hydrogen (secondary N) is 2. The van der Waals surface area contributed by atoms with Gasteiger partial charge in [0.2, 0.25) is 5.91 Å². The number of hydrogen-bond acceptors (Lipinski definition) is 4. The van der Waals surface area contributed by atoms with Gasteiger partial charge in [0.25, 0.3) is 0 Å². The highest BCUT2D eigenvalue weighted by Gasteiger charge is 2.03. The van der Waals surface area contributed by atoms with Gasteiger partial charge in [-0.2, -0.15) is 5.26 Å². The summed E-state index contributed by atoms with van der Waals surface area (Å²) in [4.78, 5) is 21.5. The van der Waals surface area contributed by atoms with E-state index in [0.717, 1.165) is 0 Å². The maximum atomic E-state index is 11.3. The van der Waals surface area contributed by atoms with E-state index < -0.39 is 5.97 Å². The molecule has 1 aromatic carbocycles. The minimum Gasteiger partial charge on any atom is -0.480 e. The van der Waals surface area contributed by atoms with E-state index in [1.165, 1.54) is 6.07 Å². The molecule has 88 valence electrons. The average Bonchev–Trinajstić information content (AvgIpc) is 2.28. The number of carboxylic acid groups (broad SMARTS) is 1. The van der Waals surface area contributed by atoms with E-state index in [9.17, 15) is 9.59 Å². The van der Waals surface area contributed by atoms with Crippen LogP contribution in [0, 0.1) is 11.3 Å². The molecular formula is C11H11N3O3. The van der Waals surface area contributed by atoms with E-state index in [1.54, 1.807) is 18.2 Å². The minimum atomic E-state index is -1.02. The molecule has 0 radical (unpaired) electrons. The van der Waals surface area contributed by atoms with Crippen molar-refractivity contribution in [2.75, 3.05) is 18.4 Å². The highest BCUT2D eigenvalue weighted by atomic mass is 16.4. The van der Waals surface area contributed by atoms with Crippen molar-refractivity contribution in [2.24, 2.45) is 0 Å². The quantitative estimate of drug-likeness (QED) is 0.672. The van der Waals surface area contributed by atoms with Crippen molar-refractivity contribution in [3.05, 3.63) is 29.8 Å². The standard InChI is InChI=1S/C11H11N3O3/c12-5-8-2-1-3-9(4-8)14-10(15)6-13-7-11(16)17/h1-4,13H,6-7H2,(H,14,15)(H,16,17). The maximum Gasteiger partial charge on any atom is 0.317 e. The van der Waals surface area contributed by atoms with Crippen LogP contribution in [0.2, 0.25) is 0 Å². The molecule has 0 saturated carbocycles. The molecule has 0 aromatic heterocycles. The third-order valence-corrected chi connectivity index (χ3v) is 1.84. The first kappa shape index (κ1) is 12.7. The van der Waals surface area contributed by atoms with Gasteiger partial charge in [-0.15, -0.1) is 0 Å². The van der Waals surface area contributed by atoms with E-state index >= 15 is 0 Å². The van der Waals surface area contributed by atoms with Crippen molar-refractivity contribution in [1.29, 1.82) is 5.26 Å². The van der Waals surface area contributed by atoms with Gasteiger partial charge >= 0.3 is 5.97 Å². The molecule has 1 aromatic rings. The minimum absolute atomic E-state index is 0.0942. The molecule has 0 fully saturated rings. The summed E-state index contributed by atoms with van der Waals surface area (Å²) in [5, 5.41) is 22.0. The first-order valence-electron chi connectivity index (χ1n) is 4.84. The van der Waals surface area contributed by atoms with Crippen molar-refractivity contribution in [3.63, 3.8) is 0 Å². The topological polar surface area (TPSA) is 102 Å². The lowest BCUT2D eigenvalue weighted by atomic mass is 10.2. The van der Waals surface area contributed by atoms with Crippen molar-refractivity contribution in [3.8, 4) is 6.07 Å². The van der Waals surface area contributed by atoms with Crippen LogP contribution >= 0.6 is 0 Å². The Balaban J connectivity index is 2.45. The van der Waals surface area contributed by atoms with E-state index in [1.807, 2.05) is 6.07 Å². The van der Waals surface area contributed by atoms with Crippen LogP contribution in [-0.4, -0.2) is 30.1 Å². The van der Waals surface area contributed by atoms with Crippen LogP contribution in [0.25, 0.3) is 0 Å². The zero-order valence-corrected chi connectivity index (χ0v) is 8.93. The highest BCUT2D eigenvalue weighted by Crippen LogP contribution is 2.09. The van der Waals surface area contributed by atoms with E-state index in [4.69, 9.17) is 10.4 Å². The Bertz CT molecular complexity index is 465. The predicted molar refractivity (Wildman–Crippen MR) is 60.3 cm³/mol. The molecule has 0 spiro atoms. The third kappa shape index (κ3) is 4.77. The number of carbonyl (C=O) groups excluding carboxylic acids is 1. The van der Waals surface area contributed by atoms with Crippen molar-refractivity contribution in [2.45, 2.75) is 0 Å². The van der Waals surface area contributed by atoms with Gasteiger partial charge in [0.05, 0.1) is 24.7 Å². The van der Waals surface area contributed by atoms with Crippen LogP contribution in [0.4, 0.5) is 5.69 Å². The Morgan fingerprint density at radius 2 is 2.12 bits per heavy atom. The molecule has 0 bridgehead atoms. The molecule has 0 saturated heterocycles. The number of benzene rings is 1. The molecule has 0 aliphatic rings. The molecule has 3 N–H and O–H groups in total. The van der Waals surface area contributed by atoms with Crippen LogP contribution in [0.1, 0.15) is 5.56 Å². The second kappa shape index (κ2) is 6.25. The highest BCUT2D eigenvalue weighted by molar-refractivity contribution is 5.92. The third-order valence-electron chi connectivity index (χ3n) is 1.84. The number of aliphatic carboxylic acids is 1. The van der Waals surface area contributed by atoms with Gasteiger partial charge in [0, 0.05) is 5.69 Å². The lowest BCUT2D eigenvalue weighted by Crippen LogP contribution is -2.31. The van der Waals surface area contributed by atoms with Crippen LogP contribution in [0.3, 0.4) is 0 Å². The average molecular weight is 233 g/mol. The number of carboxylic acids is 1. The molecule has 6 heteroatoms. The van der Waals surface area contributed by atoms with Crippen molar-refractivity contribution < 1.29 is 14.7 Å². The number of hydrogen-bond donors (Lipinski definition) is 3. The lowest BCUT2D eigenvalue weighted by Gasteiger charge is -2.05. The number of nitriles is 1. The predicted octanol–water partition coefficient (Wildman–Crippen LogP) is 0.171. The summed E-state index contributed by atoms with van der Waals surface area (Å²) >= 11 is 0. The second-order valence-corrected chi connectivity index (χ2v) is 3.24. The molecule has 6 nitrogen and oxygen atoms in total. The zero-order chi connectivity index (χ0) is 12.7. The lowest BCUT2D eigenvalue weighted by molar-refractivity contribution is -0.135. The molecule has 0 aliphatic heterocycles. The molecular weight excluding hydrogens is 222 g/mol. The van der Waals surface area contributed by atoms with Gasteiger partial charge in [-0.25, -0.2) is 0 Å². The summed E-state index contributed by atoms with van der Waals surface area (Å²) in [5.41, 5.74) is 0.951. The molecule has 17 heavy (non-hydrogen) atoms. The zero-order valence-electron chi connectivity index (χ0n) is 8.93. The van der Waals surface area contributed by atoms with E-state index in [-0.39, 0.29) is 19.0 Å². The summed E-state index contributed by atoms with van der Waals surface area (Å²) in [6, 6.07) is 8.41. The number of carbonyl (C=O) groups is 2. The first-order chi connectivity index (χ1) is 8.11. The molecule has 0 aliphatic carbocycles. The fraction of sp³-hybridized carbons (Fsp3) is 0.182. The van der Waals surface area contributed by atoms with E-state index in [2.05, 4.69) is 10.6 Å². The van der Waals surface area contributed by atoms with Gasteiger partial charge < -0.3 is 10.4 Å². The largest absolute Gasteiger partial charge is 0.480 e. The fourth-order valence-corrected chi connectivity index (χ4v) is 1.15. The van der Waals surface area contributed by atoms with Crippen LogP contribution in [-0.2, 0) is 9.59 Å². The van der Waals surface area contributed by atoms with Crippen LogP contribution in [0.15, 0.2) is 24.3 Å². The normalized spacial score (nSPS) is 9.35. The van der Waals surface area contributed by atoms with Gasteiger partial charge in [-0.3, -0.25) is 14.9 Å². The first-order valence-corrected chi connectivity index (χ1v) is 4.84. The number of anilines is 1. The van der Waals surface area contributed by atoms with E-state index in [0.29, 0.717) is 11.3 Å². The summed E-state index contributed by atoms with van der Waals surface area (Å²) in [6.07, 6.45) is 0.